The summed E-state index contributed by atoms with van der Waals surface area (Å²) >= 11 is 0. The van der Waals surface area contributed by atoms with Crippen LogP contribution in [0.15, 0.2) is 30.3 Å². The van der Waals surface area contributed by atoms with Crippen molar-refractivity contribution in [1.29, 1.82) is 0 Å². The van der Waals surface area contributed by atoms with E-state index in [0.717, 1.165) is 5.56 Å². The Labute approximate surface area is 87.9 Å². The first kappa shape index (κ1) is 9.71. The Balaban J connectivity index is 2.01. The van der Waals surface area contributed by atoms with Crippen molar-refractivity contribution in [3.63, 3.8) is 0 Å². The summed E-state index contributed by atoms with van der Waals surface area (Å²) in [4.78, 5) is 23.8. The molecule has 1 aromatic rings. The van der Waals surface area contributed by atoms with Crippen molar-refractivity contribution in [2.75, 3.05) is 6.54 Å². The largest absolute Gasteiger partial charge is 0.347 e. The second-order valence-electron chi connectivity index (χ2n) is 3.45. The number of urea groups is 1. The predicted octanol–water partition coefficient (Wildman–Crippen LogP) is 1.14. The Morgan fingerprint density at radius 1 is 1.20 bits per heavy atom. The van der Waals surface area contributed by atoms with Crippen LogP contribution in [0.1, 0.15) is 12.0 Å². The molecule has 77 valence electrons. The first-order valence-corrected chi connectivity index (χ1v) is 4.83. The van der Waals surface area contributed by atoms with E-state index in [1.54, 1.807) is 4.90 Å². The van der Waals surface area contributed by atoms with E-state index < -0.39 is 6.03 Å². The van der Waals surface area contributed by atoms with Crippen molar-refractivity contribution < 1.29 is 9.59 Å². The molecule has 1 aliphatic heterocycles. The maximum atomic E-state index is 11.3. The van der Waals surface area contributed by atoms with Gasteiger partial charge >= 0.3 is 6.03 Å². The summed E-state index contributed by atoms with van der Waals surface area (Å²) in [6.45, 7) is 0.993. The number of hydrogen-bond acceptors (Lipinski definition) is 2. The zero-order valence-electron chi connectivity index (χ0n) is 8.22. The van der Waals surface area contributed by atoms with Crippen LogP contribution in [0, 0.1) is 0 Å². The molecule has 0 aromatic heterocycles. The van der Waals surface area contributed by atoms with E-state index in [1.807, 2.05) is 30.3 Å². The molecule has 1 heterocycles. The summed E-state index contributed by atoms with van der Waals surface area (Å²) in [6, 6.07) is 9.25. The third-order valence-corrected chi connectivity index (χ3v) is 2.30. The van der Waals surface area contributed by atoms with Crippen LogP contribution in [-0.4, -0.2) is 23.4 Å². The monoisotopic (exact) mass is 203 g/mol. The summed E-state index contributed by atoms with van der Waals surface area (Å²) in [7, 11) is 0. The molecular weight excluding hydrogens is 192 g/mol. The molecule has 0 bridgehead atoms. The molecule has 1 radical (unpaired) electrons. The third-order valence-electron chi connectivity index (χ3n) is 2.30. The van der Waals surface area contributed by atoms with Crippen molar-refractivity contribution in [3.8, 4) is 0 Å². The molecule has 15 heavy (non-hydrogen) atoms. The minimum Gasteiger partial charge on any atom is -0.318 e. The van der Waals surface area contributed by atoms with Crippen LogP contribution in [0.25, 0.3) is 0 Å². The molecule has 1 aliphatic rings. The minimum atomic E-state index is -0.421. The number of rotatable bonds is 2. The maximum absolute atomic E-state index is 11.3. The first-order valence-electron chi connectivity index (χ1n) is 4.83. The smallest absolute Gasteiger partial charge is 0.318 e. The van der Waals surface area contributed by atoms with Crippen LogP contribution in [-0.2, 0) is 11.3 Å². The van der Waals surface area contributed by atoms with E-state index in [4.69, 9.17) is 0 Å². The summed E-state index contributed by atoms with van der Waals surface area (Å²) in [5.74, 6) is -0.315. The van der Waals surface area contributed by atoms with Gasteiger partial charge in [0, 0.05) is 19.5 Å². The molecule has 1 saturated heterocycles. The van der Waals surface area contributed by atoms with Crippen LogP contribution in [0.3, 0.4) is 0 Å². The van der Waals surface area contributed by atoms with Gasteiger partial charge in [0.05, 0.1) is 0 Å². The van der Waals surface area contributed by atoms with E-state index in [9.17, 15) is 9.59 Å². The summed E-state index contributed by atoms with van der Waals surface area (Å²) in [5.41, 5.74) is 1.05. The summed E-state index contributed by atoms with van der Waals surface area (Å²) in [6.07, 6.45) is 0.332. The molecule has 4 heteroatoms. The van der Waals surface area contributed by atoms with Crippen LogP contribution in [0.5, 0.6) is 0 Å². The fraction of sp³-hybridized carbons (Fsp3) is 0.273. The molecule has 0 saturated carbocycles. The lowest BCUT2D eigenvalue weighted by Gasteiger charge is -2.24. The van der Waals surface area contributed by atoms with Gasteiger partial charge in [0.2, 0.25) is 0 Å². The van der Waals surface area contributed by atoms with Gasteiger partial charge in [-0.15, -0.1) is 0 Å². The number of nitrogens with zero attached hydrogens (tertiary/aromatic N) is 2. The van der Waals surface area contributed by atoms with Crippen molar-refractivity contribution >= 4 is 11.9 Å². The fourth-order valence-corrected chi connectivity index (χ4v) is 1.51. The van der Waals surface area contributed by atoms with Crippen LogP contribution < -0.4 is 5.32 Å². The second-order valence-corrected chi connectivity index (χ2v) is 3.45. The van der Waals surface area contributed by atoms with Crippen molar-refractivity contribution in [3.05, 3.63) is 35.9 Å². The van der Waals surface area contributed by atoms with E-state index in [-0.39, 0.29) is 5.91 Å². The zero-order valence-corrected chi connectivity index (χ0v) is 8.22. The molecule has 0 N–H and O–H groups in total. The molecular formula is C11H11N2O2. The lowest BCUT2D eigenvalue weighted by atomic mass is 10.2. The highest BCUT2D eigenvalue weighted by molar-refractivity contribution is 5.96. The number of hydrogen-bond donors (Lipinski definition) is 0. The SMILES string of the molecule is O=C1CCN(Cc2ccccc2)C(=O)[N]1. The average Bonchev–Trinajstić information content (AvgIpc) is 2.24. The molecule has 1 fully saturated rings. The van der Waals surface area contributed by atoms with E-state index in [1.165, 1.54) is 0 Å². The molecule has 0 spiro atoms. The van der Waals surface area contributed by atoms with Gasteiger partial charge in [-0.05, 0) is 5.56 Å². The summed E-state index contributed by atoms with van der Waals surface area (Å²) in [5, 5.41) is 3.41. The molecule has 2 rings (SSSR count). The van der Waals surface area contributed by atoms with Gasteiger partial charge in [0.1, 0.15) is 0 Å². The van der Waals surface area contributed by atoms with E-state index in [0.29, 0.717) is 19.5 Å². The Kier molecular flexibility index (Phi) is 2.67. The maximum Gasteiger partial charge on any atom is 0.347 e. The Hall–Kier alpha value is -1.84. The van der Waals surface area contributed by atoms with Crippen LogP contribution in [0.4, 0.5) is 4.79 Å². The van der Waals surface area contributed by atoms with E-state index in [2.05, 4.69) is 5.32 Å². The molecule has 0 unspecified atom stereocenters. The highest BCUT2D eigenvalue weighted by atomic mass is 16.2. The average molecular weight is 203 g/mol. The lowest BCUT2D eigenvalue weighted by Crippen LogP contribution is -2.44. The minimum absolute atomic E-state index is 0.315. The Bertz CT molecular complexity index is 375. The molecule has 3 amide bonds. The lowest BCUT2D eigenvalue weighted by molar-refractivity contribution is -0.121. The predicted molar refractivity (Wildman–Crippen MR) is 54.0 cm³/mol. The number of carbonyl (C=O) groups is 2. The number of amides is 3. The number of imide groups is 1. The fourth-order valence-electron chi connectivity index (χ4n) is 1.51. The van der Waals surface area contributed by atoms with Gasteiger partial charge in [-0.25, -0.2) is 4.79 Å². The Morgan fingerprint density at radius 2 is 1.93 bits per heavy atom. The van der Waals surface area contributed by atoms with Crippen molar-refractivity contribution in [2.45, 2.75) is 13.0 Å². The number of benzene rings is 1. The zero-order chi connectivity index (χ0) is 10.7. The standard InChI is InChI=1S/C11H11N2O2/c14-10-6-7-13(11(15)12-10)8-9-4-2-1-3-5-9/h1-5H,6-8H2. The topological polar surface area (TPSA) is 51.5 Å². The van der Waals surface area contributed by atoms with Crippen molar-refractivity contribution in [1.82, 2.24) is 10.2 Å². The summed E-state index contributed by atoms with van der Waals surface area (Å²) < 4.78 is 0. The normalized spacial score (nSPS) is 16.4. The molecule has 0 atom stereocenters. The second kappa shape index (κ2) is 4.13. The molecule has 1 aromatic carbocycles. The quantitative estimate of drug-likeness (QED) is 0.723. The Morgan fingerprint density at radius 3 is 2.60 bits per heavy atom. The highest BCUT2D eigenvalue weighted by Gasteiger charge is 2.24. The van der Waals surface area contributed by atoms with E-state index >= 15 is 0 Å². The van der Waals surface area contributed by atoms with Crippen LogP contribution in [0.2, 0.25) is 0 Å². The van der Waals surface area contributed by atoms with Gasteiger partial charge in [-0.2, -0.15) is 5.32 Å². The van der Waals surface area contributed by atoms with Gasteiger partial charge < -0.3 is 4.90 Å². The van der Waals surface area contributed by atoms with Crippen LogP contribution >= 0.6 is 0 Å². The molecule has 4 nitrogen and oxygen atoms in total. The number of carbonyl (C=O) groups excluding carboxylic acids is 2. The first-order chi connectivity index (χ1) is 7.25. The third kappa shape index (κ3) is 2.34. The van der Waals surface area contributed by atoms with Gasteiger partial charge in [-0.3, -0.25) is 4.79 Å². The molecule has 0 aliphatic carbocycles. The van der Waals surface area contributed by atoms with Gasteiger partial charge in [0.15, 0.2) is 0 Å². The van der Waals surface area contributed by atoms with Gasteiger partial charge in [0.25, 0.3) is 5.91 Å². The van der Waals surface area contributed by atoms with Gasteiger partial charge in [-0.1, -0.05) is 30.3 Å². The highest BCUT2D eigenvalue weighted by Crippen LogP contribution is 2.08. The van der Waals surface area contributed by atoms with Crippen molar-refractivity contribution in [2.24, 2.45) is 0 Å².